The predicted octanol–water partition coefficient (Wildman–Crippen LogP) is -2.54. The Morgan fingerprint density at radius 2 is 1.81 bits per heavy atom. The number of aliphatic hydroxyl groups excluding tert-OH is 3. The van der Waals surface area contributed by atoms with Crippen LogP contribution in [0.25, 0.3) is 0 Å². The fraction of sp³-hybridized carbons (Fsp3) is 0.550. The zero-order valence-electron chi connectivity index (χ0n) is 17.8. The van der Waals surface area contributed by atoms with Gasteiger partial charge in [-0.1, -0.05) is 30.3 Å². The van der Waals surface area contributed by atoms with Gasteiger partial charge in [0.2, 0.25) is 12.0 Å². The molecule has 1 saturated heterocycles. The van der Waals surface area contributed by atoms with Gasteiger partial charge in [0.15, 0.2) is 6.29 Å². The molecule has 1 aromatic rings. The van der Waals surface area contributed by atoms with Crippen molar-refractivity contribution in [1.82, 2.24) is 5.32 Å². The summed E-state index contributed by atoms with van der Waals surface area (Å²) in [4.78, 5) is 33.2. The molecule has 0 aliphatic carbocycles. The predicted molar refractivity (Wildman–Crippen MR) is 111 cm³/mol. The number of benzene rings is 1. The fourth-order valence-corrected chi connectivity index (χ4v) is 3.02. The van der Waals surface area contributed by atoms with Gasteiger partial charge < -0.3 is 46.7 Å². The van der Waals surface area contributed by atoms with Crippen molar-refractivity contribution in [3.8, 4) is 0 Å². The second-order valence-electron chi connectivity index (χ2n) is 7.35. The molecule has 0 radical (unpaired) electrons. The smallest absolute Gasteiger partial charge is 0.342 e. The van der Waals surface area contributed by atoms with E-state index in [4.69, 9.17) is 31.2 Å². The van der Waals surface area contributed by atoms with Gasteiger partial charge in [-0.05, 0) is 18.9 Å². The highest BCUT2D eigenvalue weighted by Gasteiger charge is 2.48. The molecule has 2 rings (SSSR count). The van der Waals surface area contributed by atoms with Crippen molar-refractivity contribution in [3.63, 3.8) is 0 Å². The van der Waals surface area contributed by atoms with E-state index in [1.807, 2.05) is 25.1 Å². The van der Waals surface area contributed by atoms with Crippen LogP contribution in [0.15, 0.2) is 30.3 Å². The number of primary amides is 1. The van der Waals surface area contributed by atoms with Gasteiger partial charge in [-0.25, -0.2) is 4.79 Å². The first-order valence-electron chi connectivity index (χ1n) is 9.84. The van der Waals surface area contributed by atoms with Crippen molar-refractivity contribution in [2.45, 2.75) is 63.1 Å². The summed E-state index contributed by atoms with van der Waals surface area (Å²) in [6.07, 6.45) is -7.30. The van der Waals surface area contributed by atoms with Gasteiger partial charge >= 0.3 is 5.97 Å². The largest absolute Gasteiger partial charge is 0.479 e. The molecule has 32 heavy (non-hydrogen) atoms. The van der Waals surface area contributed by atoms with Gasteiger partial charge in [0.05, 0.1) is 6.61 Å². The van der Waals surface area contributed by atoms with E-state index in [0.717, 1.165) is 13.3 Å². The van der Waals surface area contributed by atoms with E-state index >= 15 is 0 Å². The van der Waals surface area contributed by atoms with E-state index in [1.54, 1.807) is 0 Å². The van der Waals surface area contributed by atoms with E-state index in [0.29, 0.717) is 0 Å². The van der Waals surface area contributed by atoms with E-state index in [9.17, 15) is 24.6 Å². The average Bonchev–Trinajstić information content (AvgIpc) is 2.70. The molecule has 12 nitrogen and oxygen atoms in total. The Bertz CT molecular complexity index is 733. The fourth-order valence-electron chi connectivity index (χ4n) is 3.02. The maximum absolute atomic E-state index is 11.1. The molecule has 1 aliphatic heterocycles. The normalized spacial score (nSPS) is 26.8. The summed E-state index contributed by atoms with van der Waals surface area (Å²) in [5.41, 5.74) is 11.8. The minimum Gasteiger partial charge on any atom is -0.479 e. The summed E-state index contributed by atoms with van der Waals surface area (Å²) in [6, 6.07) is 9.20. The van der Waals surface area contributed by atoms with Gasteiger partial charge in [0.1, 0.15) is 24.4 Å². The summed E-state index contributed by atoms with van der Waals surface area (Å²) in [6.45, 7) is 2.42. The van der Waals surface area contributed by atoms with Crippen molar-refractivity contribution >= 4 is 17.8 Å². The lowest BCUT2D eigenvalue weighted by molar-refractivity contribution is -0.266. The molecule has 1 aliphatic rings. The van der Waals surface area contributed by atoms with Crippen LogP contribution in [0.2, 0.25) is 0 Å². The molecule has 1 unspecified atom stereocenters. The summed E-state index contributed by atoms with van der Waals surface area (Å²) in [5.74, 6) is -3.66. The number of amides is 2. The van der Waals surface area contributed by atoms with Crippen LogP contribution in [-0.2, 0) is 30.3 Å². The van der Waals surface area contributed by atoms with Gasteiger partial charge in [-0.2, -0.15) is 0 Å². The summed E-state index contributed by atoms with van der Waals surface area (Å²) >= 11 is 0. The van der Waals surface area contributed by atoms with E-state index in [-0.39, 0.29) is 6.04 Å². The molecule has 180 valence electrons. The third-order valence-electron chi connectivity index (χ3n) is 4.42. The highest BCUT2D eigenvalue weighted by molar-refractivity contribution is 5.99. The molecule has 12 heteroatoms. The first kappa shape index (κ1) is 27.4. The van der Waals surface area contributed by atoms with Crippen molar-refractivity contribution in [3.05, 3.63) is 35.9 Å². The SMILES string of the molecule is CC(=O)N[C@@H]1[C@@H](O[C@@H](C(N)=O)C(=O)O)[C@H](O)[C@@H](CO)O[C@@H]1O.CC(N)Cc1ccccc1. The number of hydrogen-bond acceptors (Lipinski definition) is 9. The number of carboxylic acids is 1. The lowest BCUT2D eigenvalue weighted by Gasteiger charge is -2.42. The summed E-state index contributed by atoms with van der Waals surface area (Å²) < 4.78 is 9.84. The van der Waals surface area contributed by atoms with E-state index < -0.39 is 61.1 Å². The van der Waals surface area contributed by atoms with Gasteiger partial charge in [-0.15, -0.1) is 0 Å². The van der Waals surface area contributed by atoms with Gasteiger partial charge in [0.25, 0.3) is 5.91 Å². The molecular formula is C20H31N3O9. The standard InChI is InChI=1S/C11H18N2O9.C9H13N/c1-3(15)13-5-7(22-8(9(12)17)10(18)19)6(16)4(2-14)21-11(5)20;1-8(10)7-9-5-3-2-4-6-9/h4-8,11,14,16,20H,2H2,1H3,(H2,12,17)(H,13,15)(H,18,19);2-6,8H,7,10H2,1H3/t4-,5-,6-,7-,8+,11+;/m1./s1. The van der Waals surface area contributed by atoms with E-state index in [2.05, 4.69) is 17.4 Å². The van der Waals surface area contributed by atoms with Crippen molar-refractivity contribution < 1.29 is 44.3 Å². The molecule has 0 saturated carbocycles. The van der Waals surface area contributed by atoms with Gasteiger partial charge in [0, 0.05) is 13.0 Å². The number of nitrogens with two attached hydrogens (primary N) is 2. The van der Waals surface area contributed by atoms with Crippen molar-refractivity contribution in [2.75, 3.05) is 6.61 Å². The molecule has 0 aromatic heterocycles. The van der Waals surface area contributed by atoms with Crippen LogP contribution in [0, 0.1) is 0 Å². The third-order valence-corrected chi connectivity index (χ3v) is 4.42. The zero-order valence-corrected chi connectivity index (χ0v) is 17.8. The molecule has 2 amide bonds. The van der Waals surface area contributed by atoms with Crippen LogP contribution >= 0.6 is 0 Å². The van der Waals surface area contributed by atoms with Gasteiger partial charge in [-0.3, -0.25) is 9.59 Å². The second kappa shape index (κ2) is 13.1. The number of carbonyl (C=O) groups excluding carboxylic acids is 2. The lowest BCUT2D eigenvalue weighted by atomic mass is 9.96. The monoisotopic (exact) mass is 457 g/mol. The van der Waals surface area contributed by atoms with Crippen molar-refractivity contribution in [2.24, 2.45) is 11.5 Å². The first-order valence-corrected chi connectivity index (χ1v) is 9.84. The Hall–Kier alpha value is -2.61. The van der Waals surface area contributed by atoms with Crippen LogP contribution in [0.4, 0.5) is 0 Å². The number of aliphatic carboxylic acids is 1. The molecule has 7 atom stereocenters. The topological polar surface area (TPSA) is 215 Å². The Morgan fingerprint density at radius 1 is 1.22 bits per heavy atom. The summed E-state index contributed by atoms with van der Waals surface area (Å²) in [5, 5.41) is 40.0. The minimum atomic E-state index is -2.11. The molecule has 0 spiro atoms. The maximum atomic E-state index is 11.1. The number of hydrogen-bond donors (Lipinski definition) is 7. The number of nitrogens with one attached hydrogen (secondary N) is 1. The molecule has 1 fully saturated rings. The van der Waals surface area contributed by atoms with E-state index in [1.165, 1.54) is 5.56 Å². The van der Waals surface area contributed by atoms with Crippen LogP contribution in [-0.4, -0.2) is 87.6 Å². The number of rotatable bonds is 8. The maximum Gasteiger partial charge on any atom is 0.342 e. The van der Waals surface area contributed by atoms with Crippen LogP contribution in [0.1, 0.15) is 19.4 Å². The molecule has 0 bridgehead atoms. The lowest BCUT2D eigenvalue weighted by Crippen LogP contribution is -2.66. The Labute approximate surface area is 185 Å². The van der Waals surface area contributed by atoms with Crippen molar-refractivity contribution in [1.29, 1.82) is 0 Å². The number of aliphatic hydroxyl groups is 3. The first-order chi connectivity index (χ1) is 15.0. The Morgan fingerprint density at radius 3 is 2.25 bits per heavy atom. The Balaban J connectivity index is 0.000000425. The second-order valence-corrected chi connectivity index (χ2v) is 7.35. The minimum absolute atomic E-state index is 0.266. The molecular weight excluding hydrogens is 426 g/mol. The number of ether oxygens (including phenoxy) is 2. The highest BCUT2D eigenvalue weighted by atomic mass is 16.6. The summed E-state index contributed by atoms with van der Waals surface area (Å²) in [7, 11) is 0. The number of carbonyl (C=O) groups is 3. The zero-order chi connectivity index (χ0) is 24.4. The third kappa shape index (κ3) is 8.49. The molecule has 9 N–H and O–H groups in total. The van der Waals surface area contributed by atoms with Crippen LogP contribution < -0.4 is 16.8 Å². The quantitative estimate of drug-likeness (QED) is 0.203. The Kier molecular flexibility index (Phi) is 11.2. The molecule has 1 heterocycles. The highest BCUT2D eigenvalue weighted by Crippen LogP contribution is 2.23. The number of carboxylic acid groups (broad SMARTS) is 1. The average molecular weight is 457 g/mol. The van der Waals surface area contributed by atoms with Crippen LogP contribution in [0.5, 0.6) is 0 Å². The molecule has 1 aromatic carbocycles. The van der Waals surface area contributed by atoms with Crippen LogP contribution in [0.3, 0.4) is 0 Å².